The zero-order valence-corrected chi connectivity index (χ0v) is 14.9. The molecule has 0 atom stereocenters. The third-order valence-electron chi connectivity index (χ3n) is 5.28. The maximum atomic E-state index is 12.9. The fourth-order valence-electron chi connectivity index (χ4n) is 3.76. The summed E-state index contributed by atoms with van der Waals surface area (Å²) in [6, 6.07) is 5.96. The van der Waals surface area contributed by atoms with Crippen molar-refractivity contribution in [2.24, 2.45) is 5.92 Å². The van der Waals surface area contributed by atoms with E-state index in [0.29, 0.717) is 5.91 Å². The standard InChI is InChI=1S/C19H24N6O/c26-19(16-4-9-23(10-5-16)18-15-20-7-8-22-18)25-13-11-24(12-14-25)17-3-1-2-6-21-17/h1-3,6-8,15-16H,4-5,9-14H2. The van der Waals surface area contributed by atoms with Crippen LogP contribution in [0.4, 0.5) is 11.6 Å². The van der Waals surface area contributed by atoms with Gasteiger partial charge < -0.3 is 14.7 Å². The van der Waals surface area contributed by atoms with E-state index < -0.39 is 0 Å². The topological polar surface area (TPSA) is 65.5 Å². The van der Waals surface area contributed by atoms with Crippen molar-refractivity contribution in [3.8, 4) is 0 Å². The summed E-state index contributed by atoms with van der Waals surface area (Å²) in [5.74, 6) is 2.34. The van der Waals surface area contributed by atoms with Gasteiger partial charge >= 0.3 is 0 Å². The molecule has 2 fully saturated rings. The van der Waals surface area contributed by atoms with Gasteiger partial charge in [-0.1, -0.05) is 6.07 Å². The van der Waals surface area contributed by atoms with Crippen molar-refractivity contribution >= 4 is 17.5 Å². The number of amides is 1. The monoisotopic (exact) mass is 352 g/mol. The van der Waals surface area contributed by atoms with Gasteiger partial charge in [0, 0.05) is 63.8 Å². The van der Waals surface area contributed by atoms with Crippen molar-refractivity contribution in [2.75, 3.05) is 49.1 Å². The average Bonchev–Trinajstić information content (AvgIpc) is 2.75. The van der Waals surface area contributed by atoms with Crippen molar-refractivity contribution in [3.63, 3.8) is 0 Å². The fourth-order valence-corrected chi connectivity index (χ4v) is 3.76. The summed E-state index contributed by atoms with van der Waals surface area (Å²) >= 11 is 0. The lowest BCUT2D eigenvalue weighted by Crippen LogP contribution is -2.52. The minimum absolute atomic E-state index is 0.129. The van der Waals surface area contributed by atoms with E-state index in [9.17, 15) is 4.79 Å². The summed E-state index contributed by atoms with van der Waals surface area (Å²) < 4.78 is 0. The van der Waals surface area contributed by atoms with Crippen LogP contribution in [0.15, 0.2) is 43.0 Å². The second-order valence-electron chi connectivity index (χ2n) is 6.83. The SMILES string of the molecule is O=C(C1CCN(c2cnccn2)CC1)N1CCN(c2ccccn2)CC1. The van der Waals surface area contributed by atoms with E-state index in [1.54, 1.807) is 18.6 Å². The number of carbonyl (C=O) groups excluding carboxylic acids is 1. The van der Waals surface area contributed by atoms with E-state index in [1.165, 1.54) is 0 Å². The van der Waals surface area contributed by atoms with E-state index in [4.69, 9.17) is 0 Å². The van der Waals surface area contributed by atoms with Crippen LogP contribution in [0.5, 0.6) is 0 Å². The first kappa shape index (κ1) is 16.8. The van der Waals surface area contributed by atoms with Crippen LogP contribution in [0.1, 0.15) is 12.8 Å². The largest absolute Gasteiger partial charge is 0.355 e. The molecule has 1 amide bonds. The smallest absolute Gasteiger partial charge is 0.225 e. The summed E-state index contributed by atoms with van der Waals surface area (Å²) in [5.41, 5.74) is 0. The second-order valence-corrected chi connectivity index (χ2v) is 6.83. The molecule has 0 bridgehead atoms. The molecule has 136 valence electrons. The Morgan fingerprint density at radius 1 is 0.846 bits per heavy atom. The Bertz CT molecular complexity index is 648. The molecular formula is C19H24N6O. The molecule has 4 rings (SSSR count). The highest BCUT2D eigenvalue weighted by Crippen LogP contribution is 2.24. The van der Waals surface area contributed by atoms with Crippen LogP contribution in [0.25, 0.3) is 0 Å². The molecule has 2 aromatic rings. The third-order valence-corrected chi connectivity index (χ3v) is 5.28. The molecule has 7 heteroatoms. The van der Waals surface area contributed by atoms with Crippen LogP contribution in [-0.4, -0.2) is 65.0 Å². The predicted octanol–water partition coefficient (Wildman–Crippen LogP) is 1.44. The molecule has 0 radical (unpaired) electrons. The lowest BCUT2D eigenvalue weighted by Gasteiger charge is -2.39. The molecule has 0 aliphatic carbocycles. The molecule has 0 N–H and O–H groups in total. The van der Waals surface area contributed by atoms with Gasteiger partial charge in [0.25, 0.3) is 0 Å². The first-order valence-corrected chi connectivity index (χ1v) is 9.27. The molecule has 4 heterocycles. The van der Waals surface area contributed by atoms with Gasteiger partial charge in [0.1, 0.15) is 11.6 Å². The Kier molecular flexibility index (Phi) is 4.95. The van der Waals surface area contributed by atoms with Gasteiger partial charge in [-0.2, -0.15) is 0 Å². The van der Waals surface area contributed by atoms with Gasteiger partial charge in [0.15, 0.2) is 0 Å². The van der Waals surface area contributed by atoms with Crippen LogP contribution in [0.3, 0.4) is 0 Å². The number of anilines is 2. The lowest BCUT2D eigenvalue weighted by atomic mass is 9.95. The normalized spacial score (nSPS) is 18.8. The lowest BCUT2D eigenvalue weighted by molar-refractivity contribution is -0.136. The number of pyridine rings is 1. The summed E-state index contributed by atoms with van der Waals surface area (Å²) in [5, 5.41) is 0. The molecule has 2 saturated heterocycles. The van der Waals surface area contributed by atoms with Crippen LogP contribution >= 0.6 is 0 Å². The van der Waals surface area contributed by atoms with Crippen molar-refractivity contribution in [3.05, 3.63) is 43.0 Å². The number of carbonyl (C=O) groups is 1. The molecule has 2 aliphatic heterocycles. The Hall–Kier alpha value is -2.70. The first-order valence-electron chi connectivity index (χ1n) is 9.27. The molecule has 2 aromatic heterocycles. The van der Waals surface area contributed by atoms with Crippen LogP contribution < -0.4 is 9.80 Å². The maximum absolute atomic E-state index is 12.9. The molecule has 0 spiro atoms. The highest BCUT2D eigenvalue weighted by Gasteiger charge is 2.30. The van der Waals surface area contributed by atoms with Crippen LogP contribution in [-0.2, 0) is 4.79 Å². The van der Waals surface area contributed by atoms with Crippen molar-refractivity contribution in [1.82, 2.24) is 19.9 Å². The molecule has 0 aromatic carbocycles. The Balaban J connectivity index is 1.28. The third kappa shape index (κ3) is 3.61. The van der Waals surface area contributed by atoms with Gasteiger partial charge in [0.2, 0.25) is 5.91 Å². The van der Waals surface area contributed by atoms with Gasteiger partial charge in [-0.15, -0.1) is 0 Å². The Morgan fingerprint density at radius 2 is 1.58 bits per heavy atom. The van der Waals surface area contributed by atoms with Gasteiger partial charge in [0.05, 0.1) is 6.20 Å². The number of aromatic nitrogens is 3. The van der Waals surface area contributed by atoms with E-state index >= 15 is 0 Å². The van der Waals surface area contributed by atoms with Crippen molar-refractivity contribution < 1.29 is 4.79 Å². The molecule has 7 nitrogen and oxygen atoms in total. The zero-order valence-electron chi connectivity index (χ0n) is 14.9. The van der Waals surface area contributed by atoms with E-state index in [2.05, 4.69) is 24.8 Å². The summed E-state index contributed by atoms with van der Waals surface area (Å²) in [6.07, 6.45) is 8.78. The quantitative estimate of drug-likeness (QED) is 0.833. The maximum Gasteiger partial charge on any atom is 0.225 e. The molecule has 0 unspecified atom stereocenters. The van der Waals surface area contributed by atoms with Crippen molar-refractivity contribution in [1.29, 1.82) is 0 Å². The molecular weight excluding hydrogens is 328 g/mol. The summed E-state index contributed by atoms with van der Waals surface area (Å²) in [6.45, 7) is 4.98. The van der Waals surface area contributed by atoms with Gasteiger partial charge in [-0.05, 0) is 25.0 Å². The molecule has 26 heavy (non-hydrogen) atoms. The highest BCUT2D eigenvalue weighted by atomic mass is 16.2. The number of hydrogen-bond acceptors (Lipinski definition) is 6. The van der Waals surface area contributed by atoms with Gasteiger partial charge in [-0.3, -0.25) is 9.78 Å². The number of piperazine rings is 1. The van der Waals surface area contributed by atoms with E-state index in [0.717, 1.165) is 63.7 Å². The molecule has 0 saturated carbocycles. The predicted molar refractivity (Wildman–Crippen MR) is 100.0 cm³/mol. The Labute approximate surface area is 153 Å². The second kappa shape index (κ2) is 7.68. The molecule has 2 aliphatic rings. The number of nitrogens with zero attached hydrogens (tertiary/aromatic N) is 6. The first-order chi connectivity index (χ1) is 12.8. The number of hydrogen-bond donors (Lipinski definition) is 0. The van der Waals surface area contributed by atoms with Crippen LogP contribution in [0.2, 0.25) is 0 Å². The van der Waals surface area contributed by atoms with E-state index in [1.807, 2.05) is 29.3 Å². The fraction of sp³-hybridized carbons (Fsp3) is 0.474. The van der Waals surface area contributed by atoms with Crippen molar-refractivity contribution in [2.45, 2.75) is 12.8 Å². The van der Waals surface area contributed by atoms with Crippen LogP contribution in [0, 0.1) is 5.92 Å². The average molecular weight is 352 g/mol. The zero-order chi connectivity index (χ0) is 17.8. The van der Waals surface area contributed by atoms with Gasteiger partial charge in [-0.25, -0.2) is 9.97 Å². The summed E-state index contributed by atoms with van der Waals surface area (Å²) in [4.78, 5) is 32.3. The minimum atomic E-state index is 0.129. The minimum Gasteiger partial charge on any atom is -0.355 e. The summed E-state index contributed by atoms with van der Waals surface area (Å²) in [7, 11) is 0. The number of rotatable bonds is 3. The highest BCUT2D eigenvalue weighted by molar-refractivity contribution is 5.79. The van der Waals surface area contributed by atoms with E-state index in [-0.39, 0.29) is 5.92 Å². The number of piperidine rings is 1. The Morgan fingerprint density at radius 3 is 2.23 bits per heavy atom.